The number of aliphatic carboxylic acids is 1. The van der Waals surface area contributed by atoms with Gasteiger partial charge in [0.1, 0.15) is 0 Å². The summed E-state index contributed by atoms with van der Waals surface area (Å²) < 4.78 is 0. The molecule has 1 aliphatic heterocycles. The van der Waals surface area contributed by atoms with Gasteiger partial charge in [0, 0.05) is 41.9 Å². The second-order valence-corrected chi connectivity index (χ2v) is 6.53. The Hall–Kier alpha value is -0.360. The van der Waals surface area contributed by atoms with Gasteiger partial charge in [-0.1, -0.05) is 0 Å². The first kappa shape index (κ1) is 14.7. The van der Waals surface area contributed by atoms with Crippen molar-refractivity contribution in [1.82, 2.24) is 5.32 Å². The van der Waals surface area contributed by atoms with Crippen LogP contribution in [0, 0.1) is 0 Å². The molecule has 1 heterocycles. The highest BCUT2D eigenvalue weighted by molar-refractivity contribution is 8.06. The molecule has 17 heavy (non-hydrogen) atoms. The van der Waals surface area contributed by atoms with Crippen LogP contribution in [0.2, 0.25) is 0 Å². The third-order valence-electron chi connectivity index (χ3n) is 2.44. The summed E-state index contributed by atoms with van der Waals surface area (Å²) in [5.41, 5.74) is 0. The van der Waals surface area contributed by atoms with Crippen LogP contribution in [0.5, 0.6) is 0 Å². The standard InChI is InChI=1S/C11H19NO3S2/c13-10(7-9-8-16-5-6-17-9)12-4-2-1-3-11(14)15/h9H,1-8H2,(H,12,13)(H,14,15). The summed E-state index contributed by atoms with van der Waals surface area (Å²) >= 11 is 3.79. The first-order valence-electron chi connectivity index (χ1n) is 5.86. The molecule has 0 aromatic rings. The van der Waals surface area contributed by atoms with Gasteiger partial charge < -0.3 is 10.4 Å². The van der Waals surface area contributed by atoms with Gasteiger partial charge >= 0.3 is 5.97 Å². The van der Waals surface area contributed by atoms with E-state index in [0.29, 0.717) is 24.6 Å². The van der Waals surface area contributed by atoms with Crippen LogP contribution in [0.3, 0.4) is 0 Å². The van der Waals surface area contributed by atoms with Gasteiger partial charge in [0.25, 0.3) is 0 Å². The molecule has 1 fully saturated rings. The summed E-state index contributed by atoms with van der Waals surface area (Å²) in [7, 11) is 0. The lowest BCUT2D eigenvalue weighted by molar-refractivity contribution is -0.137. The molecule has 0 aromatic heterocycles. The zero-order valence-corrected chi connectivity index (χ0v) is 11.4. The van der Waals surface area contributed by atoms with E-state index in [0.717, 1.165) is 17.9 Å². The zero-order valence-electron chi connectivity index (χ0n) is 9.81. The molecule has 0 radical (unpaired) electrons. The number of hydrogen-bond donors (Lipinski definition) is 2. The van der Waals surface area contributed by atoms with Crippen molar-refractivity contribution in [2.24, 2.45) is 0 Å². The van der Waals surface area contributed by atoms with Gasteiger partial charge in [-0.05, 0) is 12.8 Å². The molecule has 1 saturated heterocycles. The van der Waals surface area contributed by atoms with Crippen molar-refractivity contribution >= 4 is 35.4 Å². The molecule has 0 saturated carbocycles. The van der Waals surface area contributed by atoms with Crippen LogP contribution in [-0.2, 0) is 9.59 Å². The number of carbonyl (C=O) groups excluding carboxylic acids is 1. The minimum atomic E-state index is -0.771. The monoisotopic (exact) mass is 277 g/mol. The molecule has 1 amide bonds. The number of thioether (sulfide) groups is 2. The zero-order chi connectivity index (χ0) is 12.5. The maximum atomic E-state index is 11.6. The largest absolute Gasteiger partial charge is 0.481 e. The second kappa shape index (κ2) is 8.69. The van der Waals surface area contributed by atoms with E-state index < -0.39 is 5.97 Å². The third kappa shape index (κ3) is 7.54. The van der Waals surface area contributed by atoms with Crippen LogP contribution in [0.4, 0.5) is 0 Å². The number of rotatable bonds is 7. The summed E-state index contributed by atoms with van der Waals surface area (Å²) in [5, 5.41) is 11.7. The van der Waals surface area contributed by atoms with Gasteiger partial charge in [0.2, 0.25) is 5.91 Å². The Bertz CT molecular complexity index is 255. The first-order chi connectivity index (χ1) is 8.18. The summed E-state index contributed by atoms with van der Waals surface area (Å²) in [6.45, 7) is 0.594. The lowest BCUT2D eigenvalue weighted by atomic mass is 10.2. The molecular weight excluding hydrogens is 258 g/mol. The second-order valence-electron chi connectivity index (χ2n) is 3.97. The van der Waals surface area contributed by atoms with Crippen LogP contribution < -0.4 is 5.32 Å². The normalized spacial score (nSPS) is 19.9. The van der Waals surface area contributed by atoms with Crippen LogP contribution in [0.15, 0.2) is 0 Å². The van der Waals surface area contributed by atoms with E-state index in [9.17, 15) is 9.59 Å². The van der Waals surface area contributed by atoms with E-state index in [1.807, 2.05) is 23.5 Å². The van der Waals surface area contributed by atoms with E-state index in [1.54, 1.807) is 0 Å². The van der Waals surface area contributed by atoms with Crippen molar-refractivity contribution in [3.8, 4) is 0 Å². The van der Waals surface area contributed by atoms with Crippen molar-refractivity contribution in [2.45, 2.75) is 30.9 Å². The molecule has 0 spiro atoms. The van der Waals surface area contributed by atoms with E-state index >= 15 is 0 Å². The molecule has 1 aliphatic rings. The topological polar surface area (TPSA) is 66.4 Å². The van der Waals surface area contributed by atoms with Crippen LogP contribution in [0.25, 0.3) is 0 Å². The fraction of sp³-hybridized carbons (Fsp3) is 0.818. The molecular formula is C11H19NO3S2. The number of carboxylic acids is 1. The van der Waals surface area contributed by atoms with Crippen LogP contribution in [-0.4, -0.2) is 46.0 Å². The fourth-order valence-corrected chi connectivity index (χ4v) is 4.24. The smallest absolute Gasteiger partial charge is 0.303 e. The molecule has 6 heteroatoms. The van der Waals surface area contributed by atoms with Gasteiger partial charge in [-0.15, -0.1) is 0 Å². The lowest BCUT2D eigenvalue weighted by Gasteiger charge is -2.20. The average Bonchev–Trinajstić information content (AvgIpc) is 2.29. The van der Waals surface area contributed by atoms with E-state index in [-0.39, 0.29) is 12.3 Å². The highest BCUT2D eigenvalue weighted by Gasteiger charge is 2.17. The molecule has 0 aromatic carbocycles. The molecule has 1 atom stereocenters. The molecule has 1 rings (SSSR count). The number of amides is 1. The van der Waals surface area contributed by atoms with Crippen LogP contribution in [0.1, 0.15) is 25.7 Å². The number of carboxylic acid groups (broad SMARTS) is 1. The Morgan fingerprint density at radius 1 is 1.29 bits per heavy atom. The molecule has 0 aliphatic carbocycles. The van der Waals surface area contributed by atoms with Crippen LogP contribution >= 0.6 is 23.5 Å². The highest BCUT2D eigenvalue weighted by atomic mass is 32.2. The Balaban J connectivity index is 1.98. The molecule has 2 N–H and O–H groups in total. The molecule has 0 bridgehead atoms. The summed E-state index contributed by atoms with van der Waals surface area (Å²) in [5.74, 6) is 2.73. The molecule has 4 nitrogen and oxygen atoms in total. The lowest BCUT2D eigenvalue weighted by Crippen LogP contribution is -2.29. The number of carbonyl (C=O) groups is 2. The summed E-state index contributed by atoms with van der Waals surface area (Å²) in [4.78, 5) is 21.8. The molecule has 1 unspecified atom stereocenters. The third-order valence-corrected chi connectivity index (χ3v) is 5.28. The van der Waals surface area contributed by atoms with Crippen molar-refractivity contribution in [1.29, 1.82) is 0 Å². The molecule has 98 valence electrons. The maximum absolute atomic E-state index is 11.6. The highest BCUT2D eigenvalue weighted by Crippen LogP contribution is 2.26. The van der Waals surface area contributed by atoms with Gasteiger partial charge in [0.15, 0.2) is 0 Å². The Labute approximate surface area is 110 Å². The van der Waals surface area contributed by atoms with Crippen molar-refractivity contribution in [3.63, 3.8) is 0 Å². The number of nitrogens with one attached hydrogen (secondary N) is 1. The predicted molar refractivity (Wildman–Crippen MR) is 72.7 cm³/mol. The SMILES string of the molecule is O=C(O)CCCCNC(=O)CC1CSCCS1. The van der Waals surface area contributed by atoms with Crippen molar-refractivity contribution in [3.05, 3.63) is 0 Å². The average molecular weight is 277 g/mol. The fourth-order valence-electron chi connectivity index (χ4n) is 1.56. The van der Waals surface area contributed by atoms with Crippen molar-refractivity contribution < 1.29 is 14.7 Å². The Kier molecular flexibility index (Phi) is 7.51. The van der Waals surface area contributed by atoms with Crippen molar-refractivity contribution in [2.75, 3.05) is 23.8 Å². The number of unbranched alkanes of at least 4 members (excludes halogenated alkanes) is 1. The minimum absolute atomic E-state index is 0.0975. The quantitative estimate of drug-likeness (QED) is 0.692. The van der Waals surface area contributed by atoms with E-state index in [2.05, 4.69) is 5.32 Å². The number of hydrogen-bond acceptors (Lipinski definition) is 4. The predicted octanol–water partition coefficient (Wildman–Crippen LogP) is 1.60. The minimum Gasteiger partial charge on any atom is -0.481 e. The first-order valence-corrected chi connectivity index (χ1v) is 8.06. The summed E-state index contributed by atoms with van der Waals surface area (Å²) in [6.07, 6.45) is 2.15. The van der Waals surface area contributed by atoms with Gasteiger partial charge in [-0.3, -0.25) is 9.59 Å². The van der Waals surface area contributed by atoms with Gasteiger partial charge in [-0.2, -0.15) is 23.5 Å². The Morgan fingerprint density at radius 3 is 2.76 bits per heavy atom. The summed E-state index contributed by atoms with van der Waals surface area (Å²) in [6, 6.07) is 0. The maximum Gasteiger partial charge on any atom is 0.303 e. The Morgan fingerprint density at radius 2 is 2.12 bits per heavy atom. The van der Waals surface area contributed by atoms with E-state index in [4.69, 9.17) is 5.11 Å². The van der Waals surface area contributed by atoms with Gasteiger partial charge in [0.05, 0.1) is 0 Å². The van der Waals surface area contributed by atoms with Gasteiger partial charge in [-0.25, -0.2) is 0 Å². The van der Waals surface area contributed by atoms with E-state index in [1.165, 1.54) is 5.75 Å².